The average molecular weight is 226 g/mol. The van der Waals surface area contributed by atoms with Crippen LogP contribution in [0.1, 0.15) is 27.7 Å². The molecule has 0 aromatic heterocycles. The fourth-order valence-corrected chi connectivity index (χ4v) is 1.07. The van der Waals surface area contributed by atoms with Crippen LogP contribution in [0.15, 0.2) is 12.7 Å². The minimum absolute atomic E-state index is 0.277. The second kappa shape index (κ2) is 5.61. The van der Waals surface area contributed by atoms with Crippen molar-refractivity contribution in [1.29, 1.82) is 5.41 Å². The van der Waals surface area contributed by atoms with E-state index in [1.807, 2.05) is 41.8 Å². The normalized spacial score (nSPS) is 21.0. The molecule has 0 amide bonds. The first-order valence-corrected chi connectivity index (χ1v) is 5.37. The maximum absolute atomic E-state index is 7.52. The molecule has 0 saturated carbocycles. The maximum Gasteiger partial charge on any atom is 0.513 e. The fraction of sp³-hybridized carbons (Fsp3) is 0.727. The molecule has 0 radical (unpaired) electrons. The quantitative estimate of drug-likeness (QED) is 0.556. The van der Waals surface area contributed by atoms with Crippen LogP contribution in [-0.4, -0.2) is 38.0 Å². The number of allylic oxidation sites excluding steroid dienone is 1. The van der Waals surface area contributed by atoms with Gasteiger partial charge in [-0.25, -0.2) is 0 Å². The van der Waals surface area contributed by atoms with Gasteiger partial charge in [0.05, 0.1) is 16.8 Å². The molecule has 1 saturated heterocycles. The summed E-state index contributed by atoms with van der Waals surface area (Å²) in [6, 6.07) is 0. The zero-order chi connectivity index (χ0) is 13.0. The highest BCUT2D eigenvalue weighted by Crippen LogP contribution is 2.36. The van der Waals surface area contributed by atoms with Crippen LogP contribution in [0.4, 0.5) is 0 Å². The molecule has 0 atom stereocenters. The van der Waals surface area contributed by atoms with Gasteiger partial charge in [0.15, 0.2) is 0 Å². The molecule has 4 nitrogen and oxygen atoms in total. The van der Waals surface area contributed by atoms with Crippen LogP contribution in [0.3, 0.4) is 0 Å². The van der Waals surface area contributed by atoms with Crippen LogP contribution in [0.25, 0.3) is 0 Å². The van der Waals surface area contributed by atoms with E-state index >= 15 is 0 Å². The van der Waals surface area contributed by atoms with E-state index in [9.17, 15) is 0 Å². The Morgan fingerprint density at radius 2 is 1.50 bits per heavy atom. The summed E-state index contributed by atoms with van der Waals surface area (Å²) in [4.78, 5) is 0. The van der Waals surface area contributed by atoms with E-state index in [1.54, 1.807) is 0 Å². The summed E-state index contributed by atoms with van der Waals surface area (Å²) >= 11 is 0. The molecule has 0 spiro atoms. The topological polar surface area (TPSA) is 54.3 Å². The van der Waals surface area contributed by atoms with Crippen molar-refractivity contribution in [3.8, 4) is 0 Å². The summed E-state index contributed by atoms with van der Waals surface area (Å²) in [6.07, 6.45) is 1.45. The minimum Gasteiger partial charge on any atom is -0.398 e. The first-order chi connectivity index (χ1) is 7.21. The Kier molecular flexibility index (Phi) is 5.39. The highest BCUT2D eigenvalue weighted by atomic mass is 16.7. The highest BCUT2D eigenvalue weighted by Gasteiger charge is 2.52. The van der Waals surface area contributed by atoms with Gasteiger partial charge < -0.3 is 20.0 Å². The van der Waals surface area contributed by atoms with E-state index in [2.05, 4.69) is 11.9 Å². The summed E-state index contributed by atoms with van der Waals surface area (Å²) in [7, 11) is 3.18. The van der Waals surface area contributed by atoms with Crippen LogP contribution in [0.2, 0.25) is 0 Å². The first-order valence-electron chi connectivity index (χ1n) is 5.37. The molecule has 0 bridgehead atoms. The standard InChI is InChI=1S/C9H16BNO2.C2H7N/c1-6-7(11)10-12-8(2,3)9(4,5)13-10;1-3-2/h6,11H,1H2,2-5H3;3H,1-2H3. The molecule has 1 aliphatic rings. The maximum atomic E-state index is 7.52. The minimum atomic E-state index is -0.567. The Morgan fingerprint density at radius 1 is 1.19 bits per heavy atom. The second-order valence-electron chi connectivity index (χ2n) is 4.75. The van der Waals surface area contributed by atoms with E-state index in [1.165, 1.54) is 6.08 Å². The van der Waals surface area contributed by atoms with Crippen LogP contribution in [-0.2, 0) is 9.31 Å². The molecular weight excluding hydrogens is 203 g/mol. The summed E-state index contributed by atoms with van der Waals surface area (Å²) in [5, 5.41) is 10.3. The van der Waals surface area contributed by atoms with Crippen molar-refractivity contribution in [3.05, 3.63) is 12.7 Å². The van der Waals surface area contributed by atoms with Crippen molar-refractivity contribution >= 4 is 12.7 Å². The smallest absolute Gasteiger partial charge is 0.398 e. The Hall–Kier alpha value is -0.645. The van der Waals surface area contributed by atoms with Gasteiger partial charge in [-0.3, -0.25) is 0 Å². The molecule has 16 heavy (non-hydrogen) atoms. The average Bonchev–Trinajstić information content (AvgIpc) is 2.36. The predicted molar refractivity (Wildman–Crippen MR) is 69.0 cm³/mol. The predicted octanol–water partition coefficient (Wildman–Crippen LogP) is 1.66. The Labute approximate surface area is 99.1 Å². The van der Waals surface area contributed by atoms with Gasteiger partial charge >= 0.3 is 7.12 Å². The number of hydrogen-bond donors (Lipinski definition) is 2. The molecule has 0 aliphatic carbocycles. The van der Waals surface area contributed by atoms with Gasteiger partial charge in [-0.05, 0) is 41.8 Å². The Balaban J connectivity index is 0.000000673. The van der Waals surface area contributed by atoms with Crippen molar-refractivity contribution in [3.63, 3.8) is 0 Å². The van der Waals surface area contributed by atoms with Gasteiger partial charge in [0, 0.05) is 0 Å². The van der Waals surface area contributed by atoms with Crippen molar-refractivity contribution in [2.24, 2.45) is 0 Å². The third-order valence-corrected chi connectivity index (χ3v) is 2.73. The van der Waals surface area contributed by atoms with Crippen LogP contribution >= 0.6 is 0 Å². The lowest BCUT2D eigenvalue weighted by atomic mass is 9.82. The molecule has 0 aromatic carbocycles. The Bertz CT molecular complexity index is 249. The third-order valence-electron chi connectivity index (χ3n) is 2.73. The molecule has 1 rings (SSSR count). The number of hydrogen-bond acceptors (Lipinski definition) is 4. The molecule has 1 fully saturated rings. The lowest BCUT2D eigenvalue weighted by molar-refractivity contribution is 0.00578. The molecular formula is C11H23BN2O2. The Morgan fingerprint density at radius 3 is 1.75 bits per heavy atom. The summed E-state index contributed by atoms with van der Waals surface area (Å²) in [5.41, 5.74) is -0.460. The molecule has 1 aliphatic heterocycles. The fourth-order valence-electron chi connectivity index (χ4n) is 1.07. The zero-order valence-corrected chi connectivity index (χ0v) is 11.2. The molecule has 2 N–H and O–H groups in total. The van der Waals surface area contributed by atoms with E-state index in [0.29, 0.717) is 0 Å². The van der Waals surface area contributed by atoms with Gasteiger partial charge in [0.1, 0.15) is 0 Å². The highest BCUT2D eigenvalue weighted by molar-refractivity contribution is 6.84. The summed E-state index contributed by atoms with van der Waals surface area (Å²) in [5.74, 6) is 0. The van der Waals surface area contributed by atoms with Crippen molar-refractivity contribution in [2.45, 2.75) is 38.9 Å². The van der Waals surface area contributed by atoms with Crippen molar-refractivity contribution in [2.75, 3.05) is 14.1 Å². The number of nitrogens with one attached hydrogen (secondary N) is 2. The van der Waals surface area contributed by atoms with Gasteiger partial charge in [-0.1, -0.05) is 12.7 Å². The summed E-state index contributed by atoms with van der Waals surface area (Å²) in [6.45, 7) is 11.4. The monoisotopic (exact) mass is 226 g/mol. The van der Waals surface area contributed by atoms with Crippen molar-refractivity contribution < 1.29 is 9.31 Å². The van der Waals surface area contributed by atoms with E-state index in [4.69, 9.17) is 14.7 Å². The van der Waals surface area contributed by atoms with Gasteiger partial charge in [-0.2, -0.15) is 0 Å². The lowest BCUT2D eigenvalue weighted by Gasteiger charge is -2.32. The van der Waals surface area contributed by atoms with Gasteiger partial charge in [-0.15, -0.1) is 0 Å². The third kappa shape index (κ3) is 3.44. The first kappa shape index (κ1) is 15.4. The lowest BCUT2D eigenvalue weighted by Crippen LogP contribution is -2.41. The molecule has 0 aromatic rings. The SMILES string of the molecule is C=CC(=N)B1OC(C)(C)C(C)(C)O1.CNC. The van der Waals surface area contributed by atoms with Crippen molar-refractivity contribution in [1.82, 2.24) is 5.32 Å². The van der Waals surface area contributed by atoms with Crippen LogP contribution < -0.4 is 5.32 Å². The van der Waals surface area contributed by atoms with Gasteiger partial charge in [0.2, 0.25) is 0 Å². The molecule has 5 heteroatoms. The zero-order valence-electron chi connectivity index (χ0n) is 11.2. The molecule has 0 unspecified atom stereocenters. The number of rotatable bonds is 2. The van der Waals surface area contributed by atoms with E-state index in [-0.39, 0.29) is 16.8 Å². The molecule has 1 heterocycles. The second-order valence-corrected chi connectivity index (χ2v) is 4.75. The summed E-state index contributed by atoms with van der Waals surface area (Å²) < 4.78 is 11.2. The van der Waals surface area contributed by atoms with E-state index in [0.717, 1.165) is 0 Å². The van der Waals surface area contributed by atoms with Gasteiger partial charge in [0.25, 0.3) is 0 Å². The van der Waals surface area contributed by atoms with E-state index < -0.39 is 7.12 Å². The van der Waals surface area contributed by atoms with Crippen LogP contribution in [0, 0.1) is 5.41 Å². The van der Waals surface area contributed by atoms with Crippen LogP contribution in [0.5, 0.6) is 0 Å². The molecule has 92 valence electrons. The largest absolute Gasteiger partial charge is 0.513 e.